The Morgan fingerprint density at radius 2 is 1.75 bits per heavy atom. The lowest BCUT2D eigenvalue weighted by atomic mass is 10.2. The van der Waals surface area contributed by atoms with Crippen LogP contribution in [0.25, 0.3) is 0 Å². The Bertz CT molecular complexity index is 762. The van der Waals surface area contributed by atoms with Gasteiger partial charge in [-0.25, -0.2) is 0 Å². The second kappa shape index (κ2) is 12.4. The molecular weight excluding hydrogens is 354 g/mol. The first-order chi connectivity index (χ1) is 13.8. The highest BCUT2D eigenvalue weighted by Gasteiger charge is 2.05. The highest BCUT2D eigenvalue weighted by atomic mass is 16.5. The minimum atomic E-state index is 0.480. The summed E-state index contributed by atoms with van der Waals surface area (Å²) in [7, 11) is 3.40. The molecule has 2 N–H and O–H groups in total. The summed E-state index contributed by atoms with van der Waals surface area (Å²) >= 11 is 0. The molecule has 28 heavy (non-hydrogen) atoms. The summed E-state index contributed by atoms with van der Waals surface area (Å²) in [5.74, 6) is 2.38. The molecule has 0 aliphatic rings. The number of benzene rings is 2. The molecule has 2 rings (SSSR count). The maximum Gasteiger partial charge on any atom is 0.191 e. The lowest BCUT2D eigenvalue weighted by Crippen LogP contribution is -2.38. The zero-order valence-electron chi connectivity index (χ0n) is 16.6. The number of methoxy groups -OCH3 is 1. The second-order valence-corrected chi connectivity index (χ2v) is 5.92. The van der Waals surface area contributed by atoms with Gasteiger partial charge in [0.15, 0.2) is 5.96 Å². The van der Waals surface area contributed by atoms with Gasteiger partial charge in [0.1, 0.15) is 18.1 Å². The highest BCUT2D eigenvalue weighted by Crippen LogP contribution is 2.18. The van der Waals surface area contributed by atoms with Crippen LogP contribution in [-0.2, 0) is 17.9 Å². The molecule has 0 fully saturated rings. The first-order valence-corrected chi connectivity index (χ1v) is 9.24. The molecule has 0 heterocycles. The molecule has 2 aromatic rings. The van der Waals surface area contributed by atoms with Crippen molar-refractivity contribution in [1.29, 1.82) is 0 Å². The van der Waals surface area contributed by atoms with Gasteiger partial charge in [0, 0.05) is 31.3 Å². The van der Waals surface area contributed by atoms with Gasteiger partial charge in [0.05, 0.1) is 20.3 Å². The van der Waals surface area contributed by atoms with E-state index in [1.54, 1.807) is 20.2 Å². The van der Waals surface area contributed by atoms with E-state index >= 15 is 0 Å². The molecule has 6 nitrogen and oxygen atoms in total. The van der Waals surface area contributed by atoms with Gasteiger partial charge >= 0.3 is 0 Å². The van der Waals surface area contributed by atoms with Gasteiger partial charge in [-0.1, -0.05) is 49.1 Å². The van der Waals surface area contributed by atoms with E-state index in [1.807, 2.05) is 48.5 Å². The van der Waals surface area contributed by atoms with E-state index in [2.05, 4.69) is 22.2 Å². The topological polar surface area (TPSA) is 64.1 Å². The number of rotatable bonds is 11. The van der Waals surface area contributed by atoms with Crippen molar-refractivity contribution in [2.24, 2.45) is 4.99 Å². The molecule has 0 unspecified atom stereocenters. The van der Waals surface area contributed by atoms with E-state index in [1.165, 1.54) is 0 Å². The Morgan fingerprint density at radius 1 is 1.04 bits per heavy atom. The van der Waals surface area contributed by atoms with Gasteiger partial charge in [-0.05, 0) is 12.1 Å². The predicted octanol–water partition coefficient (Wildman–Crippen LogP) is 3.14. The third kappa shape index (κ3) is 6.96. The van der Waals surface area contributed by atoms with Crippen LogP contribution in [0.4, 0.5) is 0 Å². The van der Waals surface area contributed by atoms with Crippen molar-refractivity contribution in [1.82, 2.24) is 10.6 Å². The lowest BCUT2D eigenvalue weighted by Gasteiger charge is -2.14. The van der Waals surface area contributed by atoms with Gasteiger partial charge in [0.25, 0.3) is 0 Å². The van der Waals surface area contributed by atoms with Crippen molar-refractivity contribution in [2.75, 3.05) is 33.9 Å². The normalized spacial score (nSPS) is 11.0. The number of aliphatic imine (C=N–C) groups is 1. The van der Waals surface area contributed by atoms with E-state index in [4.69, 9.17) is 14.2 Å². The van der Waals surface area contributed by atoms with Crippen LogP contribution in [0.1, 0.15) is 11.1 Å². The van der Waals surface area contributed by atoms with Crippen LogP contribution in [0.3, 0.4) is 0 Å². The number of nitrogens with zero attached hydrogens (tertiary/aromatic N) is 1. The van der Waals surface area contributed by atoms with Crippen molar-refractivity contribution < 1.29 is 14.2 Å². The van der Waals surface area contributed by atoms with E-state index in [0.717, 1.165) is 22.6 Å². The summed E-state index contributed by atoms with van der Waals surface area (Å²) in [5.41, 5.74) is 2.09. The first kappa shape index (κ1) is 21.3. The van der Waals surface area contributed by atoms with Crippen LogP contribution in [0.2, 0.25) is 0 Å². The van der Waals surface area contributed by atoms with Crippen LogP contribution in [-0.4, -0.2) is 39.9 Å². The third-order valence-corrected chi connectivity index (χ3v) is 3.99. The van der Waals surface area contributed by atoms with Gasteiger partial charge < -0.3 is 24.8 Å². The molecule has 0 radical (unpaired) electrons. The summed E-state index contributed by atoms with van der Waals surface area (Å²) < 4.78 is 16.7. The van der Waals surface area contributed by atoms with E-state index < -0.39 is 0 Å². The predicted molar refractivity (Wildman–Crippen MR) is 113 cm³/mol. The summed E-state index contributed by atoms with van der Waals surface area (Å²) in [5, 5.41) is 6.53. The number of para-hydroxylation sites is 2. The molecule has 0 aliphatic heterocycles. The molecule has 6 heteroatoms. The second-order valence-electron chi connectivity index (χ2n) is 5.92. The molecule has 0 aliphatic carbocycles. The maximum absolute atomic E-state index is 5.73. The standard InChI is InChI=1S/C22H29N3O3/c1-4-14-28-21-12-8-5-9-18(21)16-25-22(23-2)24-13-15-27-17-19-10-6-7-11-20(19)26-3/h4-12H,1,13-17H2,2-3H3,(H2,23,24,25). The van der Waals surface area contributed by atoms with Crippen molar-refractivity contribution in [2.45, 2.75) is 13.2 Å². The fourth-order valence-corrected chi connectivity index (χ4v) is 2.58. The molecule has 0 atom stereocenters. The number of hydrogen-bond donors (Lipinski definition) is 2. The van der Waals surface area contributed by atoms with Gasteiger partial charge in [-0.3, -0.25) is 4.99 Å². The first-order valence-electron chi connectivity index (χ1n) is 9.24. The van der Waals surface area contributed by atoms with Gasteiger partial charge in [0.2, 0.25) is 0 Å². The van der Waals surface area contributed by atoms with E-state index in [-0.39, 0.29) is 0 Å². The SMILES string of the molecule is C=CCOc1ccccc1CNC(=NC)NCCOCc1ccccc1OC. The van der Waals surface area contributed by atoms with Crippen LogP contribution in [0.15, 0.2) is 66.2 Å². The molecule has 0 spiro atoms. The monoisotopic (exact) mass is 383 g/mol. The average Bonchev–Trinajstić information content (AvgIpc) is 2.75. The smallest absolute Gasteiger partial charge is 0.191 e. The average molecular weight is 383 g/mol. The Balaban J connectivity index is 1.73. The van der Waals surface area contributed by atoms with Crippen LogP contribution >= 0.6 is 0 Å². The van der Waals surface area contributed by atoms with Gasteiger partial charge in [-0.15, -0.1) is 0 Å². The highest BCUT2D eigenvalue weighted by molar-refractivity contribution is 5.79. The molecule has 150 valence electrons. The number of guanidine groups is 1. The Morgan fingerprint density at radius 3 is 2.46 bits per heavy atom. The summed E-state index contributed by atoms with van der Waals surface area (Å²) in [6, 6.07) is 15.8. The summed E-state index contributed by atoms with van der Waals surface area (Å²) in [4.78, 5) is 4.24. The summed E-state index contributed by atoms with van der Waals surface area (Å²) in [6.45, 7) is 6.47. The van der Waals surface area contributed by atoms with Crippen molar-refractivity contribution in [3.05, 3.63) is 72.3 Å². The van der Waals surface area contributed by atoms with Crippen LogP contribution < -0.4 is 20.1 Å². The molecule has 0 saturated heterocycles. The molecule has 0 amide bonds. The molecule has 0 saturated carbocycles. The van der Waals surface area contributed by atoms with E-state index in [0.29, 0.717) is 38.9 Å². The number of nitrogens with one attached hydrogen (secondary N) is 2. The fourth-order valence-electron chi connectivity index (χ4n) is 2.58. The molecule has 0 bridgehead atoms. The number of ether oxygens (including phenoxy) is 3. The van der Waals surface area contributed by atoms with E-state index in [9.17, 15) is 0 Å². The fraction of sp³-hybridized carbons (Fsp3) is 0.318. The Labute approximate surface area is 167 Å². The molecular formula is C22H29N3O3. The zero-order chi connectivity index (χ0) is 20.0. The van der Waals surface area contributed by atoms with Gasteiger partial charge in [-0.2, -0.15) is 0 Å². The minimum Gasteiger partial charge on any atom is -0.496 e. The molecule has 2 aromatic carbocycles. The van der Waals surface area contributed by atoms with Crippen LogP contribution in [0, 0.1) is 0 Å². The van der Waals surface area contributed by atoms with Crippen molar-refractivity contribution in [3.63, 3.8) is 0 Å². The Kier molecular flexibility index (Phi) is 9.44. The summed E-state index contributed by atoms with van der Waals surface area (Å²) in [6.07, 6.45) is 1.73. The Hall–Kier alpha value is -2.99. The van der Waals surface area contributed by atoms with Crippen LogP contribution in [0.5, 0.6) is 11.5 Å². The molecule has 0 aromatic heterocycles. The number of hydrogen-bond acceptors (Lipinski definition) is 4. The zero-order valence-corrected chi connectivity index (χ0v) is 16.6. The van der Waals surface area contributed by atoms with Crippen molar-refractivity contribution >= 4 is 5.96 Å². The minimum absolute atomic E-state index is 0.480. The maximum atomic E-state index is 5.73. The lowest BCUT2D eigenvalue weighted by molar-refractivity contribution is 0.123. The van der Waals surface area contributed by atoms with Crippen molar-refractivity contribution in [3.8, 4) is 11.5 Å². The quantitative estimate of drug-likeness (QED) is 0.270. The largest absolute Gasteiger partial charge is 0.496 e. The third-order valence-electron chi connectivity index (χ3n) is 3.99.